The molecular weight excluding hydrogens is 283 g/mol. The largest absolute Gasteiger partial charge is 0.478 e. The van der Waals surface area contributed by atoms with Crippen LogP contribution in [-0.2, 0) is 9.53 Å². The summed E-state index contributed by atoms with van der Waals surface area (Å²) in [6, 6.07) is 2.54. The Hall–Kier alpha value is -2.64. The summed E-state index contributed by atoms with van der Waals surface area (Å²) in [6.45, 7) is 2.00. The average Bonchev–Trinajstić information content (AvgIpc) is 2.41. The molecule has 0 spiro atoms. The lowest BCUT2D eigenvalue weighted by molar-refractivity contribution is -0.142. The summed E-state index contributed by atoms with van der Waals surface area (Å²) >= 11 is 0. The fraction of sp³-hybridized carbons (Fsp3) is 0.308. The van der Waals surface area contributed by atoms with E-state index in [1.165, 1.54) is 6.07 Å². The molecule has 0 atom stereocenters. The van der Waals surface area contributed by atoms with Crippen molar-refractivity contribution in [2.45, 2.75) is 13.3 Å². The second-order valence-corrected chi connectivity index (χ2v) is 3.94. The second-order valence-electron chi connectivity index (χ2n) is 3.94. The number of urea groups is 1. The molecule has 0 aliphatic carbocycles. The van der Waals surface area contributed by atoms with Gasteiger partial charge in [-0.2, -0.15) is 0 Å². The topological polar surface area (TPSA) is 105 Å². The maximum atomic E-state index is 13.2. The summed E-state index contributed by atoms with van der Waals surface area (Å²) in [4.78, 5) is 33.3. The zero-order valence-electron chi connectivity index (χ0n) is 11.3. The van der Waals surface area contributed by atoms with Crippen LogP contribution in [0.2, 0.25) is 0 Å². The quantitative estimate of drug-likeness (QED) is 0.692. The number of carboxylic acid groups (broad SMARTS) is 1. The smallest absolute Gasteiger partial charge is 0.338 e. The van der Waals surface area contributed by atoms with Crippen LogP contribution in [0, 0.1) is 5.82 Å². The van der Waals surface area contributed by atoms with Crippen LogP contribution in [0.5, 0.6) is 0 Å². The molecule has 2 amide bonds. The molecule has 0 aliphatic rings. The van der Waals surface area contributed by atoms with Crippen molar-refractivity contribution in [3.05, 3.63) is 29.6 Å². The lowest BCUT2D eigenvalue weighted by Gasteiger charge is -2.08. The summed E-state index contributed by atoms with van der Waals surface area (Å²) < 4.78 is 17.8. The Balaban J connectivity index is 2.50. The molecule has 0 heterocycles. The van der Waals surface area contributed by atoms with Crippen molar-refractivity contribution in [1.82, 2.24) is 5.32 Å². The SMILES string of the molecule is CCOC(=O)CCNC(=O)Nc1ccc(F)c(C(=O)O)c1. The summed E-state index contributed by atoms with van der Waals surface area (Å²) in [7, 11) is 0. The van der Waals surface area contributed by atoms with Crippen LogP contribution in [0.25, 0.3) is 0 Å². The van der Waals surface area contributed by atoms with Crippen LogP contribution < -0.4 is 10.6 Å². The third-order valence-electron chi connectivity index (χ3n) is 2.37. The molecule has 1 aromatic carbocycles. The molecule has 0 saturated heterocycles. The summed E-state index contributed by atoms with van der Waals surface area (Å²) in [5.74, 6) is -2.76. The molecule has 21 heavy (non-hydrogen) atoms. The van der Waals surface area contributed by atoms with E-state index in [2.05, 4.69) is 15.4 Å². The van der Waals surface area contributed by atoms with Crippen molar-refractivity contribution < 1.29 is 28.6 Å². The van der Waals surface area contributed by atoms with Gasteiger partial charge in [-0.3, -0.25) is 4.79 Å². The van der Waals surface area contributed by atoms with Gasteiger partial charge in [0.15, 0.2) is 0 Å². The number of carbonyl (C=O) groups excluding carboxylic acids is 2. The Bertz CT molecular complexity index is 547. The number of rotatable bonds is 6. The molecule has 0 unspecified atom stereocenters. The number of anilines is 1. The van der Waals surface area contributed by atoms with Gasteiger partial charge in [0.1, 0.15) is 5.82 Å². The van der Waals surface area contributed by atoms with E-state index in [0.29, 0.717) is 0 Å². The lowest BCUT2D eigenvalue weighted by Crippen LogP contribution is -2.31. The highest BCUT2D eigenvalue weighted by molar-refractivity contribution is 5.93. The number of carbonyl (C=O) groups is 3. The Morgan fingerprint density at radius 3 is 2.67 bits per heavy atom. The van der Waals surface area contributed by atoms with E-state index in [9.17, 15) is 18.8 Å². The molecule has 7 nitrogen and oxygen atoms in total. The third kappa shape index (κ3) is 5.47. The molecule has 0 bridgehead atoms. The normalized spacial score (nSPS) is 9.81. The van der Waals surface area contributed by atoms with Crippen molar-refractivity contribution in [3.63, 3.8) is 0 Å². The van der Waals surface area contributed by atoms with E-state index in [4.69, 9.17) is 5.11 Å². The maximum Gasteiger partial charge on any atom is 0.338 e. The maximum absolute atomic E-state index is 13.2. The number of aromatic carboxylic acids is 1. The van der Waals surface area contributed by atoms with E-state index in [0.717, 1.165) is 12.1 Å². The van der Waals surface area contributed by atoms with E-state index in [1.807, 2.05) is 0 Å². The number of amides is 2. The minimum absolute atomic E-state index is 0.0189. The zero-order chi connectivity index (χ0) is 15.8. The summed E-state index contributed by atoms with van der Waals surface area (Å²) in [5.41, 5.74) is -0.415. The zero-order valence-corrected chi connectivity index (χ0v) is 11.3. The van der Waals surface area contributed by atoms with Crippen molar-refractivity contribution in [3.8, 4) is 0 Å². The molecule has 114 valence electrons. The van der Waals surface area contributed by atoms with Crippen molar-refractivity contribution >= 4 is 23.7 Å². The molecule has 0 aliphatic heterocycles. The highest BCUT2D eigenvalue weighted by atomic mass is 19.1. The van der Waals surface area contributed by atoms with Gasteiger partial charge >= 0.3 is 18.0 Å². The number of carboxylic acids is 1. The van der Waals surface area contributed by atoms with Gasteiger partial charge in [0.2, 0.25) is 0 Å². The number of esters is 1. The number of halogens is 1. The number of hydrogen-bond donors (Lipinski definition) is 3. The predicted molar refractivity (Wildman–Crippen MR) is 71.6 cm³/mol. The van der Waals surface area contributed by atoms with Crippen molar-refractivity contribution in [2.24, 2.45) is 0 Å². The van der Waals surface area contributed by atoms with Gasteiger partial charge in [-0.15, -0.1) is 0 Å². The average molecular weight is 298 g/mol. The van der Waals surface area contributed by atoms with Crippen LogP contribution >= 0.6 is 0 Å². The van der Waals surface area contributed by atoms with Crippen molar-refractivity contribution in [2.75, 3.05) is 18.5 Å². The number of ether oxygens (including phenoxy) is 1. The first-order valence-electron chi connectivity index (χ1n) is 6.17. The monoisotopic (exact) mass is 298 g/mol. The first-order chi connectivity index (χ1) is 9.93. The van der Waals surface area contributed by atoms with Gasteiger partial charge in [0.25, 0.3) is 0 Å². The highest BCUT2D eigenvalue weighted by Gasteiger charge is 2.12. The molecule has 8 heteroatoms. The van der Waals surface area contributed by atoms with Gasteiger partial charge in [-0.05, 0) is 25.1 Å². The molecular formula is C13H15FN2O5. The second kappa shape index (κ2) is 7.83. The fourth-order valence-electron chi connectivity index (χ4n) is 1.45. The van der Waals surface area contributed by atoms with E-state index in [-0.39, 0.29) is 25.3 Å². The molecule has 0 fully saturated rings. The van der Waals surface area contributed by atoms with Gasteiger partial charge < -0.3 is 20.5 Å². The Kier molecular flexibility index (Phi) is 6.12. The molecule has 0 saturated carbocycles. The molecule has 1 rings (SSSR count). The van der Waals surface area contributed by atoms with Gasteiger partial charge in [0, 0.05) is 12.2 Å². The number of benzene rings is 1. The first kappa shape index (κ1) is 16.4. The Morgan fingerprint density at radius 1 is 1.33 bits per heavy atom. The summed E-state index contributed by atoms with van der Waals surface area (Å²) in [5, 5.41) is 13.5. The van der Waals surface area contributed by atoms with Crippen LogP contribution in [0.1, 0.15) is 23.7 Å². The molecule has 1 aromatic rings. The van der Waals surface area contributed by atoms with Gasteiger partial charge in [-0.25, -0.2) is 14.0 Å². The number of nitrogens with one attached hydrogen (secondary N) is 2. The van der Waals surface area contributed by atoms with Crippen LogP contribution in [0.15, 0.2) is 18.2 Å². The lowest BCUT2D eigenvalue weighted by atomic mass is 10.2. The molecule has 0 radical (unpaired) electrons. The van der Waals surface area contributed by atoms with E-state index < -0.39 is 29.4 Å². The standard InChI is InChI=1S/C13H15FN2O5/c1-2-21-11(17)5-6-15-13(20)16-8-3-4-10(14)9(7-8)12(18)19/h3-4,7H,2,5-6H2,1H3,(H,18,19)(H2,15,16,20). The van der Waals surface area contributed by atoms with Crippen LogP contribution in [0.3, 0.4) is 0 Å². The van der Waals surface area contributed by atoms with Crippen molar-refractivity contribution in [1.29, 1.82) is 0 Å². The molecule has 3 N–H and O–H groups in total. The number of hydrogen-bond acceptors (Lipinski definition) is 4. The van der Waals surface area contributed by atoms with E-state index in [1.54, 1.807) is 6.92 Å². The van der Waals surface area contributed by atoms with E-state index >= 15 is 0 Å². The third-order valence-corrected chi connectivity index (χ3v) is 2.37. The summed E-state index contributed by atoms with van der Waals surface area (Å²) in [6.07, 6.45) is 0.0189. The van der Waals surface area contributed by atoms with Crippen LogP contribution in [0.4, 0.5) is 14.9 Å². The Morgan fingerprint density at radius 2 is 2.05 bits per heavy atom. The minimum Gasteiger partial charge on any atom is -0.478 e. The van der Waals surface area contributed by atoms with Gasteiger partial charge in [0.05, 0.1) is 18.6 Å². The fourth-order valence-corrected chi connectivity index (χ4v) is 1.45. The Labute approximate surface area is 120 Å². The van der Waals surface area contributed by atoms with Crippen LogP contribution in [-0.4, -0.2) is 36.2 Å². The minimum atomic E-state index is -1.43. The molecule has 0 aromatic heterocycles. The predicted octanol–water partition coefficient (Wildman–Crippen LogP) is 1.60. The first-order valence-corrected chi connectivity index (χ1v) is 6.17. The van der Waals surface area contributed by atoms with Gasteiger partial charge in [-0.1, -0.05) is 0 Å². The highest BCUT2D eigenvalue weighted by Crippen LogP contribution is 2.14.